The lowest BCUT2D eigenvalue weighted by Gasteiger charge is -2.25. The van der Waals surface area contributed by atoms with Crippen molar-refractivity contribution in [3.63, 3.8) is 0 Å². The van der Waals surface area contributed by atoms with Crippen molar-refractivity contribution in [1.82, 2.24) is 9.88 Å². The number of fused-ring (bicyclic) bond motifs is 1. The Morgan fingerprint density at radius 2 is 1.94 bits per heavy atom. The van der Waals surface area contributed by atoms with Crippen LogP contribution in [0.4, 0.5) is 4.39 Å². The van der Waals surface area contributed by atoms with Crippen molar-refractivity contribution in [2.45, 2.75) is 19.0 Å². The molecule has 1 fully saturated rings. The number of aliphatic hydroxyl groups is 1. The molecular weight excluding hydrogens is 411 g/mol. The van der Waals surface area contributed by atoms with Crippen molar-refractivity contribution in [1.29, 1.82) is 0 Å². The summed E-state index contributed by atoms with van der Waals surface area (Å²) in [6, 6.07) is 15.2. The maximum absolute atomic E-state index is 13.6. The maximum Gasteiger partial charge on any atom is 0.296 e. The highest BCUT2D eigenvalue weighted by molar-refractivity contribution is 6.46. The molecule has 3 aromatic rings. The summed E-state index contributed by atoms with van der Waals surface area (Å²) in [5, 5.41) is 11.2. The van der Waals surface area contributed by atoms with Crippen LogP contribution in [0.3, 0.4) is 0 Å². The number of amides is 1. The smallest absolute Gasteiger partial charge is 0.296 e. The molecule has 2 aromatic carbocycles. The van der Waals surface area contributed by atoms with Gasteiger partial charge in [-0.05, 0) is 53.6 Å². The van der Waals surface area contributed by atoms with Crippen molar-refractivity contribution in [2.75, 3.05) is 6.61 Å². The number of nitrogens with zero attached hydrogens (tertiary/aromatic N) is 2. The SMILES string of the molecule is O=C1C(=O)N(Cc2ccccn2)C(c2ccc(F)cc2)/C1=C(/O)c1ccc2c(c1)CCO2. The lowest BCUT2D eigenvalue weighted by atomic mass is 9.94. The number of carbonyl (C=O) groups excluding carboxylic acids is 2. The van der Waals surface area contributed by atoms with Crippen LogP contribution in [0, 0.1) is 5.82 Å². The minimum absolute atomic E-state index is 0.0311. The minimum Gasteiger partial charge on any atom is -0.507 e. The average Bonchev–Trinajstić information content (AvgIpc) is 3.38. The third kappa shape index (κ3) is 3.41. The first-order valence-electron chi connectivity index (χ1n) is 10.2. The predicted octanol–water partition coefficient (Wildman–Crippen LogP) is 3.78. The largest absolute Gasteiger partial charge is 0.507 e. The van der Waals surface area contributed by atoms with Gasteiger partial charge in [-0.1, -0.05) is 18.2 Å². The lowest BCUT2D eigenvalue weighted by Crippen LogP contribution is -2.29. The number of aliphatic hydroxyl groups excluding tert-OH is 1. The molecule has 160 valence electrons. The van der Waals surface area contributed by atoms with E-state index in [0.29, 0.717) is 29.8 Å². The van der Waals surface area contributed by atoms with Crippen molar-refractivity contribution < 1.29 is 23.8 Å². The van der Waals surface area contributed by atoms with Crippen LogP contribution >= 0.6 is 0 Å². The molecule has 1 atom stereocenters. The Hall–Kier alpha value is -4.00. The van der Waals surface area contributed by atoms with Gasteiger partial charge in [-0.25, -0.2) is 4.39 Å². The van der Waals surface area contributed by atoms with Gasteiger partial charge < -0.3 is 14.7 Å². The standard InChI is InChI=1S/C25H19FN2O4/c26-18-7-4-15(5-8-18)22-21(23(29)17-6-9-20-16(13-17)10-12-32-20)24(30)25(31)28(22)14-19-3-1-2-11-27-19/h1-9,11,13,22,29H,10,12,14H2/b23-21-. The van der Waals surface area contributed by atoms with Crippen LogP contribution in [0.1, 0.15) is 28.4 Å². The predicted molar refractivity (Wildman–Crippen MR) is 114 cm³/mol. The molecule has 5 rings (SSSR count). The van der Waals surface area contributed by atoms with E-state index in [-0.39, 0.29) is 17.9 Å². The fourth-order valence-electron chi connectivity index (χ4n) is 4.19. The first kappa shape index (κ1) is 19.9. The monoisotopic (exact) mass is 430 g/mol. The van der Waals surface area contributed by atoms with E-state index in [1.165, 1.54) is 29.2 Å². The Labute approximate surface area is 183 Å². The van der Waals surface area contributed by atoms with E-state index in [9.17, 15) is 19.1 Å². The van der Waals surface area contributed by atoms with Crippen LogP contribution in [-0.4, -0.2) is 33.3 Å². The number of benzene rings is 2. The number of likely N-dealkylation sites (tertiary alicyclic amines) is 1. The van der Waals surface area contributed by atoms with Crippen molar-refractivity contribution in [2.24, 2.45) is 0 Å². The van der Waals surface area contributed by atoms with Crippen molar-refractivity contribution >= 4 is 17.4 Å². The number of hydrogen-bond donors (Lipinski definition) is 1. The number of ketones is 1. The van der Waals surface area contributed by atoms with Gasteiger partial charge in [0, 0.05) is 18.2 Å². The Kier molecular flexibility index (Phi) is 4.93. The topological polar surface area (TPSA) is 79.7 Å². The van der Waals surface area contributed by atoms with E-state index in [0.717, 1.165) is 11.3 Å². The molecule has 1 saturated heterocycles. The molecule has 0 bridgehead atoms. The molecule has 2 aliphatic heterocycles. The van der Waals surface area contributed by atoms with E-state index >= 15 is 0 Å². The van der Waals surface area contributed by atoms with Crippen LogP contribution in [0.2, 0.25) is 0 Å². The molecule has 1 N–H and O–H groups in total. The third-order valence-electron chi connectivity index (χ3n) is 5.75. The molecule has 32 heavy (non-hydrogen) atoms. The molecule has 0 spiro atoms. The quantitative estimate of drug-likeness (QED) is 0.387. The van der Waals surface area contributed by atoms with Gasteiger partial charge in [0.2, 0.25) is 0 Å². The molecular formula is C25H19FN2O4. The Morgan fingerprint density at radius 3 is 2.69 bits per heavy atom. The van der Waals surface area contributed by atoms with Gasteiger partial charge in [-0.2, -0.15) is 0 Å². The molecule has 3 heterocycles. The Balaban J connectivity index is 1.64. The molecule has 7 heteroatoms. The Morgan fingerprint density at radius 1 is 1.12 bits per heavy atom. The lowest BCUT2D eigenvalue weighted by molar-refractivity contribution is -0.140. The molecule has 1 amide bonds. The molecule has 6 nitrogen and oxygen atoms in total. The van der Waals surface area contributed by atoms with Crippen LogP contribution in [-0.2, 0) is 22.6 Å². The van der Waals surface area contributed by atoms with Crippen molar-refractivity contribution in [3.05, 3.63) is 101 Å². The summed E-state index contributed by atoms with van der Waals surface area (Å²) >= 11 is 0. The normalized spacial score (nSPS) is 19.2. The van der Waals surface area contributed by atoms with Crippen molar-refractivity contribution in [3.8, 4) is 5.75 Å². The first-order valence-corrected chi connectivity index (χ1v) is 10.2. The van der Waals surface area contributed by atoms with Gasteiger partial charge in [0.25, 0.3) is 11.7 Å². The number of Topliss-reactive ketones (excluding diaryl/α,β-unsaturated/α-hetero) is 1. The second-order valence-electron chi connectivity index (χ2n) is 7.72. The van der Waals surface area contributed by atoms with Gasteiger partial charge in [0.15, 0.2) is 0 Å². The first-order chi connectivity index (χ1) is 15.5. The fraction of sp³-hybridized carbons (Fsp3) is 0.160. The highest BCUT2D eigenvalue weighted by atomic mass is 19.1. The minimum atomic E-state index is -0.873. The number of halogens is 1. The summed E-state index contributed by atoms with van der Waals surface area (Å²) in [6.07, 6.45) is 2.30. The summed E-state index contributed by atoms with van der Waals surface area (Å²) in [7, 11) is 0. The fourth-order valence-corrected chi connectivity index (χ4v) is 4.19. The zero-order valence-corrected chi connectivity index (χ0v) is 17.0. The summed E-state index contributed by atoms with van der Waals surface area (Å²) in [5.74, 6) is -1.49. The van der Waals surface area contributed by atoms with Crippen LogP contribution in [0.25, 0.3) is 5.76 Å². The number of aromatic nitrogens is 1. The summed E-state index contributed by atoms with van der Waals surface area (Å²) in [5.41, 5.74) is 2.44. The van der Waals surface area contributed by atoms with Gasteiger partial charge in [0.1, 0.15) is 17.3 Å². The molecule has 1 unspecified atom stereocenters. The summed E-state index contributed by atoms with van der Waals surface area (Å²) in [4.78, 5) is 31.7. The highest BCUT2D eigenvalue weighted by Crippen LogP contribution is 2.41. The van der Waals surface area contributed by atoms with Crippen LogP contribution < -0.4 is 4.74 Å². The summed E-state index contributed by atoms with van der Waals surface area (Å²) < 4.78 is 19.1. The third-order valence-corrected chi connectivity index (χ3v) is 5.75. The number of hydrogen-bond acceptors (Lipinski definition) is 5. The van der Waals surface area contributed by atoms with E-state index in [2.05, 4.69) is 4.98 Å². The zero-order chi connectivity index (χ0) is 22.2. The van der Waals surface area contributed by atoms with Gasteiger partial charge >= 0.3 is 0 Å². The second kappa shape index (κ2) is 7.92. The van der Waals surface area contributed by atoms with E-state index in [4.69, 9.17) is 4.74 Å². The van der Waals surface area contributed by atoms with Gasteiger partial charge in [-0.3, -0.25) is 14.6 Å². The molecule has 1 aromatic heterocycles. The molecule has 0 saturated carbocycles. The summed E-state index contributed by atoms with van der Waals surface area (Å²) in [6.45, 7) is 0.631. The van der Waals surface area contributed by atoms with E-state index in [1.807, 2.05) is 0 Å². The molecule has 0 radical (unpaired) electrons. The van der Waals surface area contributed by atoms with E-state index in [1.54, 1.807) is 42.6 Å². The maximum atomic E-state index is 13.6. The van der Waals surface area contributed by atoms with Crippen LogP contribution in [0.5, 0.6) is 5.75 Å². The number of carbonyl (C=O) groups is 2. The highest BCUT2D eigenvalue weighted by Gasteiger charge is 2.46. The number of rotatable bonds is 4. The van der Waals surface area contributed by atoms with E-state index < -0.39 is 23.5 Å². The number of pyridine rings is 1. The number of ether oxygens (including phenoxy) is 1. The van der Waals surface area contributed by atoms with Gasteiger partial charge in [-0.15, -0.1) is 0 Å². The Bertz CT molecular complexity index is 1240. The second-order valence-corrected chi connectivity index (χ2v) is 7.72. The van der Waals surface area contributed by atoms with Crippen LogP contribution in [0.15, 0.2) is 72.4 Å². The molecule has 0 aliphatic carbocycles. The van der Waals surface area contributed by atoms with Gasteiger partial charge in [0.05, 0.1) is 30.5 Å². The average molecular weight is 430 g/mol. The molecule has 2 aliphatic rings. The zero-order valence-electron chi connectivity index (χ0n) is 17.0.